The molecule has 1 amide bonds. The van der Waals surface area contributed by atoms with Crippen molar-refractivity contribution in [1.82, 2.24) is 4.90 Å². The fourth-order valence-electron chi connectivity index (χ4n) is 2.64. The molecule has 2 atom stereocenters. The van der Waals surface area contributed by atoms with Gasteiger partial charge in [0.25, 0.3) is 0 Å². The molecule has 0 saturated carbocycles. The number of amides is 1. The number of nitrogens with zero attached hydrogens (tertiary/aromatic N) is 1. The molecule has 1 aliphatic rings. The van der Waals surface area contributed by atoms with Gasteiger partial charge >= 0.3 is 0 Å². The van der Waals surface area contributed by atoms with E-state index in [9.17, 15) is 4.79 Å². The van der Waals surface area contributed by atoms with Crippen molar-refractivity contribution in [3.63, 3.8) is 0 Å². The Balaban J connectivity index is 2.03. The van der Waals surface area contributed by atoms with Crippen LogP contribution in [0.4, 0.5) is 0 Å². The Labute approximate surface area is 113 Å². The molecule has 1 aromatic carbocycles. The van der Waals surface area contributed by atoms with Gasteiger partial charge < -0.3 is 5.73 Å². The van der Waals surface area contributed by atoms with E-state index in [1.807, 2.05) is 18.2 Å². The highest BCUT2D eigenvalue weighted by Gasteiger charge is 2.29. The minimum Gasteiger partial charge on any atom is -0.368 e. The molecule has 0 spiro atoms. The number of hydrogen-bond acceptors (Lipinski definition) is 2. The number of nitrogens with two attached hydrogens (primary N) is 1. The molecule has 18 heavy (non-hydrogen) atoms. The first-order chi connectivity index (χ1) is 8.58. The van der Waals surface area contributed by atoms with Crippen LogP contribution in [0.3, 0.4) is 0 Å². The zero-order valence-corrected chi connectivity index (χ0v) is 11.4. The van der Waals surface area contributed by atoms with Crippen molar-refractivity contribution >= 4 is 17.5 Å². The van der Waals surface area contributed by atoms with Gasteiger partial charge in [-0.05, 0) is 43.0 Å². The smallest absolute Gasteiger partial charge is 0.234 e. The maximum absolute atomic E-state index is 11.3. The summed E-state index contributed by atoms with van der Waals surface area (Å²) in [4.78, 5) is 13.5. The van der Waals surface area contributed by atoms with E-state index in [-0.39, 0.29) is 11.9 Å². The van der Waals surface area contributed by atoms with E-state index in [4.69, 9.17) is 17.3 Å². The van der Waals surface area contributed by atoms with Crippen LogP contribution in [0.25, 0.3) is 0 Å². The standard InChI is InChI=1S/C14H19ClN2O/c1-10(11-4-2-5-12(15)8-11)9-17-7-3-6-13(17)14(16)18/h2,4-5,8,10,13H,3,6-7,9H2,1H3,(H2,16,18)/t10-,13+/m1/s1. The van der Waals surface area contributed by atoms with E-state index >= 15 is 0 Å². The number of likely N-dealkylation sites (tertiary alicyclic amines) is 1. The van der Waals surface area contributed by atoms with E-state index in [0.717, 1.165) is 31.0 Å². The van der Waals surface area contributed by atoms with Crippen LogP contribution in [-0.2, 0) is 4.79 Å². The zero-order valence-electron chi connectivity index (χ0n) is 10.6. The summed E-state index contributed by atoms with van der Waals surface area (Å²) in [5, 5.41) is 0.757. The number of hydrogen-bond donors (Lipinski definition) is 1. The van der Waals surface area contributed by atoms with E-state index in [1.54, 1.807) is 0 Å². The van der Waals surface area contributed by atoms with Crippen molar-refractivity contribution in [2.45, 2.75) is 31.7 Å². The van der Waals surface area contributed by atoms with Crippen LogP contribution in [0.15, 0.2) is 24.3 Å². The molecule has 1 aliphatic heterocycles. The number of primary amides is 1. The topological polar surface area (TPSA) is 46.3 Å². The number of halogens is 1. The molecular weight excluding hydrogens is 248 g/mol. The first-order valence-electron chi connectivity index (χ1n) is 6.37. The zero-order chi connectivity index (χ0) is 13.1. The molecule has 1 heterocycles. The van der Waals surface area contributed by atoms with E-state index in [0.29, 0.717) is 5.92 Å². The molecular formula is C14H19ClN2O. The van der Waals surface area contributed by atoms with Gasteiger partial charge in [-0.1, -0.05) is 30.7 Å². The third-order valence-corrected chi connectivity index (χ3v) is 3.85. The van der Waals surface area contributed by atoms with Crippen LogP contribution in [0.1, 0.15) is 31.2 Å². The first-order valence-corrected chi connectivity index (χ1v) is 6.74. The average molecular weight is 267 g/mol. The molecule has 2 N–H and O–H groups in total. The van der Waals surface area contributed by atoms with Crippen LogP contribution >= 0.6 is 11.6 Å². The second-order valence-electron chi connectivity index (χ2n) is 5.01. The summed E-state index contributed by atoms with van der Waals surface area (Å²) in [6.45, 7) is 3.97. The van der Waals surface area contributed by atoms with Gasteiger partial charge in [0.1, 0.15) is 0 Å². The van der Waals surface area contributed by atoms with Gasteiger partial charge in [-0.3, -0.25) is 9.69 Å². The van der Waals surface area contributed by atoms with Crippen LogP contribution in [0.5, 0.6) is 0 Å². The molecule has 1 saturated heterocycles. The van der Waals surface area contributed by atoms with Gasteiger partial charge in [0.05, 0.1) is 6.04 Å². The Morgan fingerprint density at radius 3 is 3.06 bits per heavy atom. The highest BCUT2D eigenvalue weighted by Crippen LogP contribution is 2.24. The van der Waals surface area contributed by atoms with Crippen LogP contribution in [-0.4, -0.2) is 29.9 Å². The van der Waals surface area contributed by atoms with Crippen molar-refractivity contribution in [2.75, 3.05) is 13.1 Å². The molecule has 1 fully saturated rings. The first kappa shape index (κ1) is 13.4. The number of carbonyl (C=O) groups excluding carboxylic acids is 1. The third kappa shape index (κ3) is 3.03. The monoisotopic (exact) mass is 266 g/mol. The van der Waals surface area contributed by atoms with Gasteiger partial charge in [0.2, 0.25) is 5.91 Å². The fraction of sp³-hybridized carbons (Fsp3) is 0.500. The Morgan fingerprint density at radius 2 is 2.39 bits per heavy atom. The summed E-state index contributed by atoms with van der Waals surface area (Å²) >= 11 is 6.00. The van der Waals surface area contributed by atoms with Crippen LogP contribution in [0.2, 0.25) is 5.02 Å². The molecule has 98 valence electrons. The quantitative estimate of drug-likeness (QED) is 0.910. The van der Waals surface area contributed by atoms with E-state index < -0.39 is 0 Å². The van der Waals surface area contributed by atoms with Crippen molar-refractivity contribution in [2.24, 2.45) is 5.73 Å². The Hall–Kier alpha value is -1.06. The average Bonchev–Trinajstić information content (AvgIpc) is 2.77. The van der Waals surface area contributed by atoms with Crippen molar-refractivity contribution in [3.8, 4) is 0 Å². The van der Waals surface area contributed by atoms with E-state index in [2.05, 4.69) is 17.9 Å². The maximum atomic E-state index is 11.3. The van der Waals surface area contributed by atoms with Gasteiger partial charge in [0, 0.05) is 11.6 Å². The Kier molecular flexibility index (Phi) is 4.25. The summed E-state index contributed by atoms with van der Waals surface area (Å²) in [6, 6.07) is 7.81. The van der Waals surface area contributed by atoms with Crippen LogP contribution < -0.4 is 5.73 Å². The summed E-state index contributed by atoms with van der Waals surface area (Å²) in [5.41, 5.74) is 6.63. The summed E-state index contributed by atoms with van der Waals surface area (Å²) in [7, 11) is 0. The number of rotatable bonds is 4. The molecule has 1 aromatic rings. The van der Waals surface area contributed by atoms with Gasteiger partial charge in [0.15, 0.2) is 0 Å². The SMILES string of the molecule is C[C@H](CN1CCC[C@H]1C(N)=O)c1cccc(Cl)c1. The molecule has 2 rings (SSSR count). The highest BCUT2D eigenvalue weighted by molar-refractivity contribution is 6.30. The predicted octanol–water partition coefficient (Wildman–Crippen LogP) is 2.39. The fourth-order valence-corrected chi connectivity index (χ4v) is 2.84. The van der Waals surface area contributed by atoms with Crippen molar-refractivity contribution in [3.05, 3.63) is 34.9 Å². The number of carbonyl (C=O) groups is 1. The largest absolute Gasteiger partial charge is 0.368 e. The lowest BCUT2D eigenvalue weighted by Gasteiger charge is -2.25. The molecule has 0 radical (unpaired) electrons. The summed E-state index contributed by atoms with van der Waals surface area (Å²) in [6.07, 6.45) is 1.94. The molecule has 0 aromatic heterocycles. The minimum atomic E-state index is -0.203. The molecule has 0 bridgehead atoms. The lowest BCUT2D eigenvalue weighted by atomic mass is 10.0. The summed E-state index contributed by atoms with van der Waals surface area (Å²) in [5.74, 6) is 0.148. The molecule has 4 heteroatoms. The minimum absolute atomic E-state index is 0.0911. The third-order valence-electron chi connectivity index (χ3n) is 3.62. The van der Waals surface area contributed by atoms with Crippen molar-refractivity contribution in [1.29, 1.82) is 0 Å². The van der Waals surface area contributed by atoms with Gasteiger partial charge in [-0.2, -0.15) is 0 Å². The molecule has 0 aliphatic carbocycles. The normalized spacial score (nSPS) is 22.0. The van der Waals surface area contributed by atoms with Crippen molar-refractivity contribution < 1.29 is 4.79 Å². The lowest BCUT2D eigenvalue weighted by molar-refractivity contribution is -0.122. The highest BCUT2D eigenvalue weighted by atomic mass is 35.5. The Morgan fingerprint density at radius 1 is 1.61 bits per heavy atom. The summed E-state index contributed by atoms with van der Waals surface area (Å²) < 4.78 is 0. The van der Waals surface area contributed by atoms with E-state index in [1.165, 1.54) is 5.56 Å². The maximum Gasteiger partial charge on any atom is 0.234 e. The van der Waals surface area contributed by atoms with Crippen LogP contribution in [0, 0.1) is 0 Å². The van der Waals surface area contributed by atoms with Gasteiger partial charge in [-0.25, -0.2) is 0 Å². The second kappa shape index (κ2) is 5.72. The Bertz CT molecular complexity index is 436. The lowest BCUT2D eigenvalue weighted by Crippen LogP contribution is -2.41. The second-order valence-corrected chi connectivity index (χ2v) is 5.45. The predicted molar refractivity (Wildman–Crippen MR) is 73.7 cm³/mol. The molecule has 3 nitrogen and oxygen atoms in total. The number of benzene rings is 1. The molecule has 0 unspecified atom stereocenters. The van der Waals surface area contributed by atoms with Gasteiger partial charge in [-0.15, -0.1) is 0 Å².